The van der Waals surface area contributed by atoms with E-state index < -0.39 is 0 Å². The Morgan fingerprint density at radius 2 is 1.55 bits per heavy atom. The van der Waals surface area contributed by atoms with Gasteiger partial charge in [-0.3, -0.25) is 0 Å². The molecule has 0 bridgehead atoms. The fourth-order valence-corrected chi connectivity index (χ4v) is 2.64. The van der Waals surface area contributed by atoms with Crippen LogP contribution in [0.5, 0.6) is 0 Å². The van der Waals surface area contributed by atoms with Crippen LogP contribution in [0.4, 0.5) is 0 Å². The minimum atomic E-state index is 0.318. The summed E-state index contributed by atoms with van der Waals surface area (Å²) in [5, 5.41) is 8.94. The average Bonchev–Trinajstić information content (AvgIpc) is 2.65. The Bertz CT molecular complexity index is 347. The molecular weight excluding hydrogens is 244 g/mol. The highest BCUT2D eigenvalue weighted by Crippen LogP contribution is 2.25. The molecule has 1 rings (SSSR count). The Morgan fingerprint density at radius 3 is 2.25 bits per heavy atom. The van der Waals surface area contributed by atoms with Crippen molar-refractivity contribution in [2.45, 2.75) is 78.1 Å². The molecule has 114 valence electrons. The molecule has 0 radical (unpaired) electrons. The van der Waals surface area contributed by atoms with Crippen LogP contribution in [0.2, 0.25) is 0 Å². The number of unbranched alkanes of at least 4 members (excludes halogenated alkanes) is 3. The van der Waals surface area contributed by atoms with Gasteiger partial charge in [-0.1, -0.05) is 56.1 Å². The van der Waals surface area contributed by atoms with Crippen molar-refractivity contribution in [1.82, 2.24) is 0 Å². The number of hydrogen-bond donors (Lipinski definition) is 1. The van der Waals surface area contributed by atoms with Crippen molar-refractivity contribution < 1.29 is 5.11 Å². The lowest BCUT2D eigenvalue weighted by Crippen LogP contribution is -1.88. The van der Waals surface area contributed by atoms with E-state index in [1.54, 1.807) is 5.57 Å². The van der Waals surface area contributed by atoms with Crippen LogP contribution >= 0.6 is 0 Å². The van der Waals surface area contributed by atoms with Gasteiger partial charge in [-0.25, -0.2) is 0 Å². The van der Waals surface area contributed by atoms with Gasteiger partial charge in [0.05, 0.1) is 0 Å². The lowest BCUT2D eigenvalue weighted by molar-refractivity contribution is 0.285. The first-order chi connectivity index (χ1) is 9.80. The van der Waals surface area contributed by atoms with Gasteiger partial charge in [-0.2, -0.15) is 0 Å². The quantitative estimate of drug-likeness (QED) is 0.506. The number of hydrogen-bond acceptors (Lipinski definition) is 1. The minimum Gasteiger partial charge on any atom is -0.396 e. The standard InChI is InChI=1S/C19H32O/c1-3-5-9-17-12-13-18(10-6-4-2)16-19(15-17)11-7-8-14-20/h12,15-16,20H,3-11,13-14H2,1-2H3. The molecular formula is C19H32O. The summed E-state index contributed by atoms with van der Waals surface area (Å²) >= 11 is 0. The smallest absolute Gasteiger partial charge is 0.0431 e. The third-order valence-electron chi connectivity index (χ3n) is 3.93. The van der Waals surface area contributed by atoms with Gasteiger partial charge in [0.25, 0.3) is 0 Å². The summed E-state index contributed by atoms with van der Waals surface area (Å²) in [6.45, 7) is 4.84. The monoisotopic (exact) mass is 276 g/mol. The molecule has 1 nitrogen and oxygen atoms in total. The Kier molecular flexibility index (Phi) is 9.40. The lowest BCUT2D eigenvalue weighted by Gasteiger charge is -2.05. The third kappa shape index (κ3) is 7.09. The van der Waals surface area contributed by atoms with Crippen molar-refractivity contribution in [2.24, 2.45) is 0 Å². The highest BCUT2D eigenvalue weighted by Gasteiger charge is 2.06. The molecule has 0 heterocycles. The summed E-state index contributed by atoms with van der Waals surface area (Å²) in [6, 6.07) is 0. The number of allylic oxidation sites excluding steroid dienone is 6. The first-order valence-corrected chi connectivity index (χ1v) is 8.50. The maximum atomic E-state index is 8.94. The van der Waals surface area contributed by atoms with Gasteiger partial charge >= 0.3 is 0 Å². The molecule has 1 heteroatoms. The van der Waals surface area contributed by atoms with Crippen LogP contribution in [-0.2, 0) is 0 Å². The third-order valence-corrected chi connectivity index (χ3v) is 3.93. The first kappa shape index (κ1) is 17.2. The molecule has 0 aromatic carbocycles. The molecule has 0 saturated carbocycles. The summed E-state index contributed by atoms with van der Waals surface area (Å²) < 4.78 is 0. The second-order valence-electron chi connectivity index (χ2n) is 5.89. The zero-order valence-corrected chi connectivity index (χ0v) is 13.5. The largest absolute Gasteiger partial charge is 0.396 e. The van der Waals surface area contributed by atoms with E-state index >= 15 is 0 Å². The van der Waals surface area contributed by atoms with Crippen LogP contribution in [0.25, 0.3) is 0 Å². The Morgan fingerprint density at radius 1 is 0.850 bits per heavy atom. The van der Waals surface area contributed by atoms with Gasteiger partial charge in [0.1, 0.15) is 0 Å². The van der Waals surface area contributed by atoms with Gasteiger partial charge in [0, 0.05) is 6.61 Å². The molecule has 0 aliphatic heterocycles. The van der Waals surface area contributed by atoms with Gasteiger partial charge < -0.3 is 5.11 Å². The molecule has 1 N–H and O–H groups in total. The Labute approximate surface area is 125 Å². The second-order valence-corrected chi connectivity index (χ2v) is 5.89. The van der Waals surface area contributed by atoms with Crippen molar-refractivity contribution in [1.29, 1.82) is 0 Å². The summed E-state index contributed by atoms with van der Waals surface area (Å²) in [6.07, 6.45) is 19.1. The normalized spacial score (nSPS) is 15.4. The molecule has 0 unspecified atom stereocenters. The molecule has 1 aliphatic rings. The fourth-order valence-electron chi connectivity index (χ4n) is 2.64. The van der Waals surface area contributed by atoms with Crippen LogP contribution in [0.3, 0.4) is 0 Å². The molecule has 1 aliphatic carbocycles. The van der Waals surface area contributed by atoms with Crippen LogP contribution in [0.15, 0.2) is 34.9 Å². The molecule has 0 atom stereocenters. The van der Waals surface area contributed by atoms with Gasteiger partial charge in [-0.05, 0) is 56.9 Å². The Balaban J connectivity index is 2.68. The molecule has 20 heavy (non-hydrogen) atoms. The SMILES string of the molecule is CCCCC1=CCC(CCCC)=CC(CCCCO)=C1. The molecule has 0 aromatic rings. The zero-order chi connectivity index (χ0) is 14.6. The summed E-state index contributed by atoms with van der Waals surface area (Å²) in [7, 11) is 0. The van der Waals surface area contributed by atoms with E-state index in [4.69, 9.17) is 5.11 Å². The summed E-state index contributed by atoms with van der Waals surface area (Å²) in [4.78, 5) is 0. The highest BCUT2D eigenvalue weighted by molar-refractivity contribution is 5.37. The van der Waals surface area contributed by atoms with E-state index in [0.717, 1.165) is 25.7 Å². The average molecular weight is 276 g/mol. The van der Waals surface area contributed by atoms with Crippen LogP contribution in [-0.4, -0.2) is 11.7 Å². The van der Waals surface area contributed by atoms with Crippen molar-refractivity contribution in [3.8, 4) is 0 Å². The first-order valence-electron chi connectivity index (χ1n) is 8.50. The van der Waals surface area contributed by atoms with E-state index in [1.165, 1.54) is 49.7 Å². The molecule has 0 fully saturated rings. The van der Waals surface area contributed by atoms with Crippen LogP contribution < -0.4 is 0 Å². The van der Waals surface area contributed by atoms with Gasteiger partial charge in [0.15, 0.2) is 0 Å². The number of aliphatic hydroxyl groups is 1. The van der Waals surface area contributed by atoms with Crippen molar-refractivity contribution in [2.75, 3.05) is 6.61 Å². The van der Waals surface area contributed by atoms with Crippen LogP contribution in [0.1, 0.15) is 78.1 Å². The van der Waals surface area contributed by atoms with Crippen LogP contribution in [0, 0.1) is 0 Å². The molecule has 0 spiro atoms. The van der Waals surface area contributed by atoms with Gasteiger partial charge in [-0.15, -0.1) is 0 Å². The van der Waals surface area contributed by atoms with E-state index in [-0.39, 0.29) is 0 Å². The van der Waals surface area contributed by atoms with E-state index in [2.05, 4.69) is 32.1 Å². The molecule has 0 amide bonds. The van der Waals surface area contributed by atoms with Gasteiger partial charge in [0.2, 0.25) is 0 Å². The minimum absolute atomic E-state index is 0.318. The highest BCUT2D eigenvalue weighted by atomic mass is 16.2. The second kappa shape index (κ2) is 10.9. The molecule has 0 aromatic heterocycles. The predicted octanol–water partition coefficient (Wildman–Crippen LogP) is 5.71. The summed E-state index contributed by atoms with van der Waals surface area (Å²) in [5.74, 6) is 0. The maximum absolute atomic E-state index is 8.94. The maximum Gasteiger partial charge on any atom is 0.0431 e. The molecule has 0 saturated heterocycles. The van der Waals surface area contributed by atoms with Crippen molar-refractivity contribution >= 4 is 0 Å². The predicted molar refractivity (Wildman–Crippen MR) is 88.9 cm³/mol. The van der Waals surface area contributed by atoms with E-state index in [1.807, 2.05) is 0 Å². The topological polar surface area (TPSA) is 20.2 Å². The fraction of sp³-hybridized carbons (Fsp3) is 0.684. The lowest BCUT2D eigenvalue weighted by atomic mass is 10.0. The zero-order valence-electron chi connectivity index (χ0n) is 13.5. The number of aliphatic hydroxyl groups excluding tert-OH is 1. The van der Waals surface area contributed by atoms with E-state index in [0.29, 0.717) is 6.61 Å². The van der Waals surface area contributed by atoms with Crippen molar-refractivity contribution in [3.63, 3.8) is 0 Å². The summed E-state index contributed by atoms with van der Waals surface area (Å²) in [5.41, 5.74) is 4.59. The van der Waals surface area contributed by atoms with E-state index in [9.17, 15) is 0 Å². The Hall–Kier alpha value is -0.820. The van der Waals surface area contributed by atoms with Crippen molar-refractivity contribution in [3.05, 3.63) is 34.9 Å². The number of rotatable bonds is 10.